The molecule has 47 heavy (non-hydrogen) atoms. The highest BCUT2D eigenvalue weighted by Crippen LogP contribution is 2.36. The molecule has 6 heteroatoms. The molecule has 9 rings (SSSR count). The van der Waals surface area contributed by atoms with Crippen LogP contribution in [0.5, 0.6) is 0 Å². The smallest absolute Gasteiger partial charge is 0.328 e. The zero-order chi connectivity index (χ0) is 31.6. The summed E-state index contributed by atoms with van der Waals surface area (Å²) in [5.74, 6) is 0.661. The first-order valence-electron chi connectivity index (χ1n) is 15.6. The Balaban J connectivity index is 1.14. The number of aryl methyl sites for hydroxylation is 2. The van der Waals surface area contributed by atoms with Gasteiger partial charge in [0.15, 0.2) is 5.82 Å². The van der Waals surface area contributed by atoms with E-state index in [0.29, 0.717) is 5.82 Å². The molecule has 6 nitrogen and oxygen atoms in total. The highest BCUT2D eigenvalue weighted by atomic mass is 16.3. The summed E-state index contributed by atoms with van der Waals surface area (Å²) < 4.78 is 9.75. The number of hydrogen-bond donors (Lipinski definition) is 0. The van der Waals surface area contributed by atoms with E-state index in [9.17, 15) is 4.79 Å². The monoisotopic (exact) mass is 608 g/mol. The van der Waals surface area contributed by atoms with Crippen LogP contribution in [0.4, 0.5) is 0 Å². The summed E-state index contributed by atoms with van der Waals surface area (Å²) in [6.07, 6.45) is 0. The van der Waals surface area contributed by atoms with E-state index >= 15 is 0 Å². The maximum atomic E-state index is 12.5. The van der Waals surface area contributed by atoms with Gasteiger partial charge in [-0.15, -0.1) is 0 Å². The molecule has 0 N–H and O–H groups in total. The standard InChI is InChI=1S/C41H28N4O2/c1-44-36-19-17-30(21-37(36)45(2)41(44)46)25-12-14-26(15-13-25)34-24-35(43-40(42-34)27-8-4-3-5-9-27)31-16-18-32-33-20-28-10-6-7-11-29(28)22-39(33)47-38(32)23-31/h3-24H,1-2H3. The van der Waals surface area contributed by atoms with Gasteiger partial charge >= 0.3 is 5.69 Å². The third-order valence-electron chi connectivity index (χ3n) is 9.18. The molecule has 0 saturated carbocycles. The lowest BCUT2D eigenvalue weighted by Gasteiger charge is -2.10. The minimum atomic E-state index is -0.0330. The summed E-state index contributed by atoms with van der Waals surface area (Å²) in [7, 11) is 3.61. The summed E-state index contributed by atoms with van der Waals surface area (Å²) in [5.41, 5.74) is 10.1. The van der Waals surface area contributed by atoms with Crippen molar-refractivity contribution in [3.05, 3.63) is 144 Å². The molecular weight excluding hydrogens is 580 g/mol. The minimum Gasteiger partial charge on any atom is -0.456 e. The van der Waals surface area contributed by atoms with Crippen molar-refractivity contribution in [3.8, 4) is 45.0 Å². The van der Waals surface area contributed by atoms with Crippen LogP contribution < -0.4 is 5.69 Å². The third-order valence-corrected chi connectivity index (χ3v) is 9.18. The topological polar surface area (TPSA) is 65.8 Å². The molecule has 3 heterocycles. The molecule has 0 saturated heterocycles. The fourth-order valence-electron chi connectivity index (χ4n) is 6.60. The van der Waals surface area contributed by atoms with Crippen molar-refractivity contribution >= 4 is 43.7 Å². The van der Waals surface area contributed by atoms with Crippen LogP contribution in [0.15, 0.2) is 143 Å². The fourth-order valence-corrected chi connectivity index (χ4v) is 6.60. The molecule has 224 valence electrons. The molecule has 0 aliphatic carbocycles. The van der Waals surface area contributed by atoms with Gasteiger partial charge in [-0.2, -0.15) is 0 Å². The van der Waals surface area contributed by atoms with Crippen molar-refractivity contribution in [3.63, 3.8) is 0 Å². The number of benzene rings is 6. The van der Waals surface area contributed by atoms with Crippen molar-refractivity contribution in [1.82, 2.24) is 19.1 Å². The summed E-state index contributed by atoms with van der Waals surface area (Å²) >= 11 is 0. The highest BCUT2D eigenvalue weighted by molar-refractivity contribution is 6.10. The molecule has 0 aliphatic heterocycles. The van der Waals surface area contributed by atoms with Gasteiger partial charge in [-0.1, -0.05) is 91.0 Å². The zero-order valence-electron chi connectivity index (χ0n) is 25.8. The van der Waals surface area contributed by atoms with Gasteiger partial charge in [-0.05, 0) is 64.4 Å². The normalized spacial score (nSPS) is 11.7. The van der Waals surface area contributed by atoms with E-state index in [1.54, 1.807) is 16.2 Å². The lowest BCUT2D eigenvalue weighted by atomic mass is 10.0. The first-order chi connectivity index (χ1) is 23.0. The van der Waals surface area contributed by atoms with Crippen molar-refractivity contribution < 1.29 is 4.42 Å². The van der Waals surface area contributed by atoms with Gasteiger partial charge in [0.05, 0.1) is 22.4 Å². The Morgan fingerprint density at radius 2 is 1.11 bits per heavy atom. The summed E-state index contributed by atoms with van der Waals surface area (Å²) in [5, 5.41) is 4.53. The summed E-state index contributed by atoms with van der Waals surface area (Å²) in [6.45, 7) is 0. The lowest BCUT2D eigenvalue weighted by Crippen LogP contribution is -2.19. The number of furan rings is 1. The molecule has 0 fully saturated rings. The molecule has 0 amide bonds. The van der Waals surface area contributed by atoms with E-state index in [1.807, 2.05) is 55.6 Å². The highest BCUT2D eigenvalue weighted by Gasteiger charge is 2.15. The zero-order valence-corrected chi connectivity index (χ0v) is 25.8. The Morgan fingerprint density at radius 1 is 0.489 bits per heavy atom. The van der Waals surface area contributed by atoms with E-state index in [1.165, 1.54) is 5.39 Å². The number of imidazole rings is 1. The Hall–Kier alpha value is -6.27. The second-order valence-electron chi connectivity index (χ2n) is 12.0. The Morgan fingerprint density at radius 3 is 1.89 bits per heavy atom. The van der Waals surface area contributed by atoms with E-state index < -0.39 is 0 Å². The first kappa shape index (κ1) is 27.1. The van der Waals surface area contributed by atoms with Crippen molar-refractivity contribution in [2.24, 2.45) is 14.1 Å². The quantitative estimate of drug-likeness (QED) is 0.200. The number of nitrogens with zero attached hydrogens (tertiary/aromatic N) is 4. The third kappa shape index (κ3) is 4.45. The maximum Gasteiger partial charge on any atom is 0.328 e. The van der Waals surface area contributed by atoms with Crippen molar-refractivity contribution in [1.29, 1.82) is 0 Å². The summed E-state index contributed by atoms with van der Waals surface area (Å²) in [6, 6.07) is 45.6. The van der Waals surface area contributed by atoms with Gasteiger partial charge in [-0.25, -0.2) is 14.8 Å². The van der Waals surface area contributed by atoms with E-state index in [4.69, 9.17) is 14.4 Å². The predicted octanol–water partition coefficient (Wildman–Crippen LogP) is 9.39. The molecule has 6 aromatic carbocycles. The fraction of sp³-hybridized carbons (Fsp3) is 0.0488. The van der Waals surface area contributed by atoms with Crippen LogP contribution in [0, 0.1) is 0 Å². The van der Waals surface area contributed by atoms with Gasteiger partial charge in [0.2, 0.25) is 0 Å². The Bertz CT molecular complexity index is 2720. The van der Waals surface area contributed by atoms with Crippen LogP contribution in [0.2, 0.25) is 0 Å². The van der Waals surface area contributed by atoms with Gasteiger partial charge in [-0.3, -0.25) is 9.13 Å². The number of aromatic nitrogens is 4. The van der Waals surface area contributed by atoms with E-state index in [2.05, 4.69) is 84.9 Å². The molecule has 0 radical (unpaired) electrons. The van der Waals surface area contributed by atoms with Crippen molar-refractivity contribution in [2.45, 2.75) is 0 Å². The van der Waals surface area contributed by atoms with Crippen LogP contribution in [0.1, 0.15) is 0 Å². The molecule has 0 bridgehead atoms. The van der Waals surface area contributed by atoms with Gasteiger partial charge < -0.3 is 4.42 Å². The Labute approximate surface area is 269 Å². The largest absolute Gasteiger partial charge is 0.456 e. The van der Waals surface area contributed by atoms with Crippen LogP contribution in [-0.2, 0) is 14.1 Å². The molecule has 0 spiro atoms. The molecule has 9 aromatic rings. The number of rotatable bonds is 4. The van der Waals surface area contributed by atoms with Gasteiger partial charge in [0.25, 0.3) is 0 Å². The van der Waals surface area contributed by atoms with Crippen molar-refractivity contribution in [2.75, 3.05) is 0 Å². The average molecular weight is 609 g/mol. The Kier molecular flexibility index (Phi) is 5.99. The SMILES string of the molecule is Cn1c(=O)n(C)c2cc(-c3ccc(-c4cc(-c5ccc6c(c5)oc5cc7ccccc7cc56)nc(-c5ccccc5)n4)cc3)ccc21. The van der Waals surface area contributed by atoms with E-state index in [0.717, 1.165) is 77.6 Å². The first-order valence-corrected chi connectivity index (χ1v) is 15.6. The lowest BCUT2D eigenvalue weighted by molar-refractivity contribution is 0.669. The minimum absolute atomic E-state index is 0.0330. The van der Waals surface area contributed by atoms with E-state index in [-0.39, 0.29) is 5.69 Å². The maximum absolute atomic E-state index is 12.5. The average Bonchev–Trinajstić information content (AvgIpc) is 3.59. The molecule has 0 atom stereocenters. The van der Waals surface area contributed by atoms with Crippen LogP contribution in [0.3, 0.4) is 0 Å². The molecule has 0 aliphatic rings. The van der Waals surface area contributed by atoms with Gasteiger partial charge in [0.1, 0.15) is 11.2 Å². The molecule has 3 aromatic heterocycles. The number of hydrogen-bond acceptors (Lipinski definition) is 4. The van der Waals surface area contributed by atoms with Crippen LogP contribution >= 0.6 is 0 Å². The second kappa shape index (κ2) is 10.4. The predicted molar refractivity (Wildman–Crippen MR) is 190 cm³/mol. The van der Waals surface area contributed by atoms with Gasteiger partial charge in [0, 0.05) is 41.6 Å². The second-order valence-corrected chi connectivity index (χ2v) is 12.0. The summed E-state index contributed by atoms with van der Waals surface area (Å²) in [4.78, 5) is 22.5. The van der Waals surface area contributed by atoms with Crippen LogP contribution in [-0.4, -0.2) is 19.1 Å². The number of fused-ring (bicyclic) bond motifs is 5. The molecule has 0 unspecified atom stereocenters. The van der Waals surface area contributed by atoms with Crippen LogP contribution in [0.25, 0.3) is 88.8 Å². The molecular formula is C41H28N4O2.